The maximum absolute atomic E-state index is 8.41. The Morgan fingerprint density at radius 1 is 1.89 bits per heavy atom. The summed E-state index contributed by atoms with van der Waals surface area (Å²) in [5.74, 6) is 0.484. The molecule has 0 aliphatic rings. The maximum atomic E-state index is 8.41. The molecule has 9 heavy (non-hydrogen) atoms. The van der Waals surface area contributed by atoms with E-state index >= 15 is 0 Å². The summed E-state index contributed by atoms with van der Waals surface area (Å²) in [5, 5.41) is 8.41. The van der Waals surface area contributed by atoms with Crippen LogP contribution in [0.4, 0.5) is 5.95 Å². The van der Waals surface area contributed by atoms with Crippen LogP contribution in [0.15, 0.2) is 12.4 Å². The van der Waals surface area contributed by atoms with Crippen LogP contribution >= 0.6 is 0 Å². The molecule has 0 atom stereocenters. The Balaban J connectivity index is 2.85. The molecule has 50 valence electrons. The number of aryl methyl sites for hydroxylation is 1. The van der Waals surface area contributed by atoms with Crippen LogP contribution in [0.2, 0.25) is 0 Å². The first-order valence-electron chi connectivity index (χ1n) is 2.79. The summed E-state index contributed by atoms with van der Waals surface area (Å²) in [6.45, 7) is 2.78. The highest BCUT2D eigenvalue weighted by atomic mass is 16.5. The summed E-state index contributed by atoms with van der Waals surface area (Å²) in [6, 6.07) is 0. The Hall–Kier alpha value is -1.03. The molecule has 2 N–H and O–H groups in total. The van der Waals surface area contributed by atoms with Crippen LogP contribution in [0.3, 0.4) is 0 Å². The largest absolute Gasteiger partial charge is 0.316 e. The number of nitrogens with zero attached hydrogens (tertiary/aromatic N) is 2. The third-order valence-electron chi connectivity index (χ3n) is 1.16. The summed E-state index contributed by atoms with van der Waals surface area (Å²) in [7, 11) is 0. The minimum Gasteiger partial charge on any atom is -0.316 e. The van der Waals surface area contributed by atoms with E-state index in [-0.39, 0.29) is 0 Å². The molecule has 1 aromatic rings. The molecule has 1 heterocycles. The van der Waals surface area contributed by atoms with E-state index in [1.54, 1.807) is 17.0 Å². The summed E-state index contributed by atoms with van der Waals surface area (Å²) in [5.41, 5.74) is 1.98. The van der Waals surface area contributed by atoms with Gasteiger partial charge in [0, 0.05) is 18.9 Å². The van der Waals surface area contributed by atoms with E-state index in [0.29, 0.717) is 5.95 Å². The second-order valence-corrected chi connectivity index (χ2v) is 1.65. The Morgan fingerprint density at radius 3 is 3.11 bits per heavy atom. The van der Waals surface area contributed by atoms with E-state index in [4.69, 9.17) is 5.21 Å². The predicted molar refractivity (Wildman–Crippen MR) is 33.3 cm³/mol. The highest BCUT2D eigenvalue weighted by Gasteiger charge is 1.94. The standard InChI is InChI=1S/C5H9N3O/c1-2-8-4-3-6-5(8)7-9/h3-4,9H,2H2,1H3,(H,6,7). The van der Waals surface area contributed by atoms with Gasteiger partial charge in [0.05, 0.1) is 0 Å². The minimum absolute atomic E-state index is 0.484. The van der Waals surface area contributed by atoms with Crippen LogP contribution < -0.4 is 5.48 Å². The van der Waals surface area contributed by atoms with Crippen molar-refractivity contribution < 1.29 is 5.21 Å². The van der Waals surface area contributed by atoms with Crippen LogP contribution in [0.5, 0.6) is 0 Å². The minimum atomic E-state index is 0.484. The molecule has 0 unspecified atom stereocenters. The van der Waals surface area contributed by atoms with Gasteiger partial charge < -0.3 is 4.57 Å². The van der Waals surface area contributed by atoms with Crippen molar-refractivity contribution in [1.82, 2.24) is 9.55 Å². The van der Waals surface area contributed by atoms with E-state index < -0.39 is 0 Å². The summed E-state index contributed by atoms with van der Waals surface area (Å²) >= 11 is 0. The molecule has 0 bridgehead atoms. The first-order valence-corrected chi connectivity index (χ1v) is 2.79. The van der Waals surface area contributed by atoms with Crippen molar-refractivity contribution in [1.29, 1.82) is 0 Å². The average Bonchev–Trinajstić information content (AvgIpc) is 2.33. The molecule has 1 aromatic heterocycles. The Kier molecular flexibility index (Phi) is 1.69. The van der Waals surface area contributed by atoms with Crippen molar-refractivity contribution in [3.63, 3.8) is 0 Å². The molecule has 0 amide bonds. The third-order valence-corrected chi connectivity index (χ3v) is 1.16. The molecule has 0 radical (unpaired) electrons. The first-order chi connectivity index (χ1) is 4.38. The van der Waals surface area contributed by atoms with Crippen LogP contribution in [-0.4, -0.2) is 14.8 Å². The van der Waals surface area contributed by atoms with Crippen LogP contribution in [0.25, 0.3) is 0 Å². The average molecular weight is 127 g/mol. The molecule has 4 heteroatoms. The summed E-state index contributed by atoms with van der Waals surface area (Å²) < 4.78 is 1.79. The normalized spacial score (nSPS) is 9.56. The highest BCUT2D eigenvalue weighted by Crippen LogP contribution is 2.00. The van der Waals surface area contributed by atoms with Gasteiger partial charge in [-0.05, 0) is 6.92 Å². The van der Waals surface area contributed by atoms with Crippen molar-refractivity contribution in [3.8, 4) is 0 Å². The number of anilines is 1. The molecule has 0 spiro atoms. The van der Waals surface area contributed by atoms with Crippen LogP contribution in [0.1, 0.15) is 6.92 Å². The monoisotopic (exact) mass is 127 g/mol. The van der Waals surface area contributed by atoms with Crippen molar-refractivity contribution in [2.24, 2.45) is 0 Å². The fourth-order valence-electron chi connectivity index (χ4n) is 0.677. The molecule has 1 rings (SSSR count). The zero-order chi connectivity index (χ0) is 6.69. The van der Waals surface area contributed by atoms with Gasteiger partial charge in [0.25, 0.3) is 0 Å². The molecule has 0 saturated carbocycles. The fraction of sp³-hybridized carbons (Fsp3) is 0.400. The van der Waals surface area contributed by atoms with Gasteiger partial charge in [-0.3, -0.25) is 5.21 Å². The third kappa shape index (κ3) is 1.02. The molecule has 0 aliphatic carbocycles. The van der Waals surface area contributed by atoms with Gasteiger partial charge in [0.15, 0.2) is 0 Å². The second kappa shape index (κ2) is 2.50. The number of hydrogen-bond acceptors (Lipinski definition) is 3. The van der Waals surface area contributed by atoms with E-state index in [0.717, 1.165) is 6.54 Å². The van der Waals surface area contributed by atoms with Gasteiger partial charge in [-0.25, -0.2) is 10.5 Å². The zero-order valence-corrected chi connectivity index (χ0v) is 5.20. The Bertz CT molecular complexity index is 166. The van der Waals surface area contributed by atoms with E-state index in [2.05, 4.69) is 4.98 Å². The molecule has 4 nitrogen and oxygen atoms in total. The van der Waals surface area contributed by atoms with E-state index in [1.807, 2.05) is 12.4 Å². The van der Waals surface area contributed by atoms with Gasteiger partial charge in [-0.1, -0.05) is 0 Å². The first kappa shape index (κ1) is 6.10. The number of imidazole rings is 1. The Morgan fingerprint density at radius 2 is 2.67 bits per heavy atom. The zero-order valence-electron chi connectivity index (χ0n) is 5.20. The molecule has 0 saturated heterocycles. The molecular weight excluding hydrogens is 118 g/mol. The lowest BCUT2D eigenvalue weighted by molar-refractivity contribution is 0.378. The molecular formula is C5H9N3O. The van der Waals surface area contributed by atoms with Gasteiger partial charge in [-0.15, -0.1) is 0 Å². The van der Waals surface area contributed by atoms with Crippen molar-refractivity contribution in [3.05, 3.63) is 12.4 Å². The molecule has 0 aromatic carbocycles. The number of hydrogen-bond donors (Lipinski definition) is 2. The van der Waals surface area contributed by atoms with Crippen LogP contribution in [-0.2, 0) is 6.54 Å². The van der Waals surface area contributed by atoms with Gasteiger partial charge in [0.1, 0.15) is 0 Å². The lowest BCUT2D eigenvalue weighted by Gasteiger charge is -1.99. The smallest absolute Gasteiger partial charge is 0.227 e. The Labute approximate surface area is 53.1 Å². The summed E-state index contributed by atoms with van der Waals surface area (Å²) in [6.07, 6.45) is 3.42. The van der Waals surface area contributed by atoms with Crippen molar-refractivity contribution in [2.75, 3.05) is 5.48 Å². The fourth-order valence-corrected chi connectivity index (χ4v) is 0.677. The van der Waals surface area contributed by atoms with Gasteiger partial charge in [0.2, 0.25) is 5.95 Å². The highest BCUT2D eigenvalue weighted by molar-refractivity contribution is 5.20. The SMILES string of the molecule is CCn1ccnc1NO. The molecule has 0 aliphatic heterocycles. The van der Waals surface area contributed by atoms with Gasteiger partial charge >= 0.3 is 0 Å². The summed E-state index contributed by atoms with van der Waals surface area (Å²) in [4.78, 5) is 3.81. The van der Waals surface area contributed by atoms with Crippen LogP contribution in [0, 0.1) is 0 Å². The van der Waals surface area contributed by atoms with Crippen molar-refractivity contribution in [2.45, 2.75) is 13.5 Å². The van der Waals surface area contributed by atoms with E-state index in [1.165, 1.54) is 0 Å². The maximum Gasteiger partial charge on any atom is 0.227 e. The topological polar surface area (TPSA) is 50.1 Å². The van der Waals surface area contributed by atoms with E-state index in [9.17, 15) is 0 Å². The number of rotatable bonds is 2. The predicted octanol–water partition coefficient (Wildman–Crippen LogP) is 0.704. The number of aromatic nitrogens is 2. The molecule has 0 fully saturated rings. The lowest BCUT2D eigenvalue weighted by Crippen LogP contribution is -2.00. The quantitative estimate of drug-likeness (QED) is 0.575. The number of nitrogens with one attached hydrogen (secondary N) is 1. The second-order valence-electron chi connectivity index (χ2n) is 1.65. The van der Waals surface area contributed by atoms with Gasteiger partial charge in [-0.2, -0.15) is 0 Å². The van der Waals surface area contributed by atoms with Crippen molar-refractivity contribution >= 4 is 5.95 Å². The lowest BCUT2D eigenvalue weighted by atomic mass is 10.7.